The molecule has 1 amide bonds. The number of benzene rings is 2. The van der Waals surface area contributed by atoms with Gasteiger partial charge < -0.3 is 4.74 Å². The van der Waals surface area contributed by atoms with E-state index in [-0.39, 0.29) is 17.4 Å². The van der Waals surface area contributed by atoms with Gasteiger partial charge in [0, 0.05) is 25.4 Å². The molecule has 3 aromatic rings. The first-order valence-corrected chi connectivity index (χ1v) is 13.8. The molecule has 34 heavy (non-hydrogen) atoms. The van der Waals surface area contributed by atoms with Gasteiger partial charge in [-0.2, -0.15) is 4.31 Å². The molecular formula is C25H29N3O4S2. The maximum absolute atomic E-state index is 12.8. The summed E-state index contributed by atoms with van der Waals surface area (Å²) in [7, 11) is -3.46. The predicted octanol–water partition coefficient (Wildman–Crippen LogP) is 5.14. The van der Waals surface area contributed by atoms with Crippen molar-refractivity contribution < 1.29 is 17.9 Å². The summed E-state index contributed by atoms with van der Waals surface area (Å²) in [5.74, 6) is 0.458. The van der Waals surface area contributed by atoms with Crippen molar-refractivity contribution in [3.05, 3.63) is 65.2 Å². The van der Waals surface area contributed by atoms with Crippen LogP contribution in [-0.2, 0) is 27.8 Å². The lowest BCUT2D eigenvalue weighted by Crippen LogP contribution is -2.35. The Morgan fingerprint density at radius 2 is 1.79 bits per heavy atom. The molecule has 7 nitrogen and oxygen atoms in total. The van der Waals surface area contributed by atoms with E-state index in [9.17, 15) is 13.2 Å². The third kappa shape index (κ3) is 5.32. The quantitative estimate of drug-likeness (QED) is 0.429. The first-order chi connectivity index (χ1) is 16.4. The zero-order valence-electron chi connectivity index (χ0n) is 19.4. The molecule has 0 unspecified atom stereocenters. The molecule has 0 atom stereocenters. The van der Waals surface area contributed by atoms with Gasteiger partial charge in [-0.1, -0.05) is 31.5 Å². The molecule has 1 aliphatic heterocycles. The van der Waals surface area contributed by atoms with Gasteiger partial charge in [0.25, 0.3) is 0 Å². The van der Waals surface area contributed by atoms with Crippen LogP contribution in [-0.4, -0.2) is 36.7 Å². The van der Waals surface area contributed by atoms with Crippen LogP contribution in [0.15, 0.2) is 58.8 Å². The zero-order valence-corrected chi connectivity index (χ0v) is 21.1. The summed E-state index contributed by atoms with van der Waals surface area (Å²) in [6.07, 6.45) is 3.69. The standard InChI is InChI=1S/C25H29N3O4S2/c1-3-20-9-5-6-10-24(20)28(19(2)29)25-26-21(18-33-25)17-32-22-11-13-23(14-12-22)34(30,31)27-15-7-4-8-16-27/h5-6,9-14,18H,3-4,7-8,15-17H2,1-2H3. The van der Waals surface area contributed by atoms with E-state index in [1.165, 1.54) is 18.3 Å². The van der Waals surface area contributed by atoms with E-state index in [1.807, 2.05) is 29.6 Å². The van der Waals surface area contributed by atoms with E-state index < -0.39 is 10.0 Å². The first kappa shape index (κ1) is 24.4. The highest BCUT2D eigenvalue weighted by Crippen LogP contribution is 2.32. The van der Waals surface area contributed by atoms with Crippen molar-refractivity contribution in [1.29, 1.82) is 0 Å². The molecule has 0 spiro atoms. The Kier molecular flexibility index (Phi) is 7.65. The SMILES string of the molecule is CCc1ccccc1N(C(C)=O)c1nc(COc2ccc(S(=O)(=O)N3CCCCC3)cc2)cs1. The van der Waals surface area contributed by atoms with Crippen LogP contribution in [0.4, 0.5) is 10.8 Å². The fourth-order valence-electron chi connectivity index (χ4n) is 4.02. The molecule has 1 saturated heterocycles. The van der Waals surface area contributed by atoms with Crippen molar-refractivity contribution in [3.63, 3.8) is 0 Å². The number of sulfonamides is 1. The molecule has 0 saturated carbocycles. The summed E-state index contributed by atoms with van der Waals surface area (Å²) in [6, 6.07) is 14.3. The fourth-order valence-corrected chi connectivity index (χ4v) is 6.40. The van der Waals surface area contributed by atoms with Gasteiger partial charge in [0.15, 0.2) is 5.13 Å². The molecule has 1 fully saturated rings. The van der Waals surface area contributed by atoms with Crippen molar-refractivity contribution in [3.8, 4) is 5.75 Å². The molecular weight excluding hydrogens is 470 g/mol. The number of hydrogen-bond acceptors (Lipinski definition) is 6. The molecule has 1 aromatic heterocycles. The van der Waals surface area contributed by atoms with Gasteiger partial charge in [0.2, 0.25) is 15.9 Å². The van der Waals surface area contributed by atoms with Crippen LogP contribution in [0.2, 0.25) is 0 Å². The lowest BCUT2D eigenvalue weighted by Gasteiger charge is -2.25. The van der Waals surface area contributed by atoms with Crippen molar-refractivity contribution in [2.75, 3.05) is 18.0 Å². The van der Waals surface area contributed by atoms with Crippen LogP contribution in [0.25, 0.3) is 0 Å². The van der Waals surface area contributed by atoms with Gasteiger partial charge in [-0.3, -0.25) is 9.69 Å². The van der Waals surface area contributed by atoms with Crippen molar-refractivity contribution >= 4 is 38.1 Å². The number of aromatic nitrogens is 1. The molecule has 2 heterocycles. The number of rotatable bonds is 8. The van der Waals surface area contributed by atoms with Crippen LogP contribution in [0.5, 0.6) is 5.75 Å². The lowest BCUT2D eigenvalue weighted by molar-refractivity contribution is -0.115. The third-order valence-corrected chi connectivity index (χ3v) is 8.61. The second-order valence-corrected chi connectivity index (χ2v) is 11.0. The van der Waals surface area contributed by atoms with Gasteiger partial charge in [0.1, 0.15) is 12.4 Å². The maximum atomic E-state index is 12.8. The van der Waals surface area contributed by atoms with Crippen LogP contribution < -0.4 is 9.64 Å². The number of para-hydroxylation sites is 1. The number of anilines is 2. The van der Waals surface area contributed by atoms with Gasteiger partial charge in [-0.15, -0.1) is 11.3 Å². The van der Waals surface area contributed by atoms with E-state index in [0.29, 0.717) is 29.7 Å². The average molecular weight is 500 g/mol. The van der Waals surface area contributed by atoms with E-state index in [4.69, 9.17) is 4.74 Å². The number of piperidine rings is 1. The normalized spacial score (nSPS) is 14.6. The molecule has 180 valence electrons. The zero-order chi connectivity index (χ0) is 24.1. The Hall–Kier alpha value is -2.75. The largest absolute Gasteiger partial charge is 0.487 e. The number of hydrogen-bond donors (Lipinski definition) is 0. The van der Waals surface area contributed by atoms with E-state index in [1.54, 1.807) is 33.5 Å². The topological polar surface area (TPSA) is 79.8 Å². The van der Waals surface area contributed by atoms with Crippen LogP contribution in [0, 0.1) is 0 Å². The van der Waals surface area contributed by atoms with Crippen LogP contribution in [0.1, 0.15) is 44.4 Å². The third-order valence-electron chi connectivity index (χ3n) is 5.82. The summed E-state index contributed by atoms with van der Waals surface area (Å²) in [5, 5.41) is 2.46. The summed E-state index contributed by atoms with van der Waals surface area (Å²) in [5.41, 5.74) is 2.61. The summed E-state index contributed by atoms with van der Waals surface area (Å²) < 4.78 is 33.0. The summed E-state index contributed by atoms with van der Waals surface area (Å²) in [6.45, 7) is 4.96. The van der Waals surface area contributed by atoms with Gasteiger partial charge >= 0.3 is 0 Å². The number of nitrogens with zero attached hydrogens (tertiary/aromatic N) is 3. The van der Waals surface area contributed by atoms with E-state index >= 15 is 0 Å². The van der Waals surface area contributed by atoms with Crippen molar-refractivity contribution in [2.45, 2.75) is 51.0 Å². The highest BCUT2D eigenvalue weighted by molar-refractivity contribution is 7.89. The Balaban J connectivity index is 1.44. The van der Waals surface area contributed by atoms with Gasteiger partial charge in [0.05, 0.1) is 16.3 Å². The molecule has 0 radical (unpaired) electrons. The number of ether oxygens (including phenoxy) is 1. The Morgan fingerprint density at radius 1 is 1.09 bits per heavy atom. The van der Waals surface area contributed by atoms with Crippen LogP contribution >= 0.6 is 11.3 Å². The molecule has 0 bridgehead atoms. The number of carbonyl (C=O) groups is 1. The van der Waals surface area contributed by atoms with E-state index in [0.717, 1.165) is 36.9 Å². The highest BCUT2D eigenvalue weighted by Gasteiger charge is 2.26. The second-order valence-electron chi connectivity index (χ2n) is 8.18. The number of amides is 1. The summed E-state index contributed by atoms with van der Waals surface area (Å²) in [4.78, 5) is 19.0. The molecule has 4 rings (SSSR count). The maximum Gasteiger partial charge on any atom is 0.243 e. The van der Waals surface area contributed by atoms with Gasteiger partial charge in [-0.25, -0.2) is 13.4 Å². The Morgan fingerprint density at radius 3 is 2.47 bits per heavy atom. The molecule has 9 heteroatoms. The predicted molar refractivity (Wildman–Crippen MR) is 134 cm³/mol. The number of carbonyl (C=O) groups excluding carboxylic acids is 1. The minimum absolute atomic E-state index is 0.103. The van der Waals surface area contributed by atoms with Crippen molar-refractivity contribution in [2.24, 2.45) is 0 Å². The van der Waals surface area contributed by atoms with E-state index in [2.05, 4.69) is 11.9 Å². The smallest absolute Gasteiger partial charge is 0.243 e. The molecule has 0 aliphatic carbocycles. The fraction of sp³-hybridized carbons (Fsp3) is 0.360. The second kappa shape index (κ2) is 10.7. The monoisotopic (exact) mass is 499 g/mol. The molecule has 2 aromatic carbocycles. The summed E-state index contributed by atoms with van der Waals surface area (Å²) >= 11 is 1.39. The molecule has 0 N–H and O–H groups in total. The first-order valence-electron chi connectivity index (χ1n) is 11.5. The van der Waals surface area contributed by atoms with Crippen LogP contribution in [0.3, 0.4) is 0 Å². The average Bonchev–Trinajstić information content (AvgIpc) is 3.32. The molecule has 1 aliphatic rings. The minimum Gasteiger partial charge on any atom is -0.487 e. The number of aryl methyl sites for hydroxylation is 1. The lowest BCUT2D eigenvalue weighted by atomic mass is 10.1. The Bertz CT molecular complexity index is 1230. The number of thiazole rings is 1. The van der Waals surface area contributed by atoms with Gasteiger partial charge in [-0.05, 0) is 55.2 Å². The van der Waals surface area contributed by atoms with Crippen molar-refractivity contribution in [1.82, 2.24) is 9.29 Å². The minimum atomic E-state index is -3.46. The highest BCUT2D eigenvalue weighted by atomic mass is 32.2. The Labute approximate surface area is 205 Å².